The van der Waals surface area contributed by atoms with Gasteiger partial charge in [0.05, 0.1) is 35.7 Å². The van der Waals surface area contributed by atoms with Crippen LogP contribution in [0.15, 0.2) is 53.4 Å². The molecule has 1 amide bonds. The highest BCUT2D eigenvalue weighted by Crippen LogP contribution is 2.29. The average Bonchev–Trinajstić information content (AvgIpc) is 2.84. The molecule has 0 aliphatic carbocycles. The molecule has 0 radical (unpaired) electrons. The van der Waals surface area contributed by atoms with Gasteiger partial charge in [-0.1, -0.05) is 53.0 Å². The summed E-state index contributed by atoms with van der Waals surface area (Å²) in [5.41, 5.74) is 3.76. The van der Waals surface area contributed by atoms with Gasteiger partial charge in [-0.2, -0.15) is 4.31 Å². The van der Waals surface area contributed by atoms with Gasteiger partial charge >= 0.3 is 0 Å². The van der Waals surface area contributed by atoms with Crippen molar-refractivity contribution in [1.82, 2.24) is 9.62 Å². The maximum absolute atomic E-state index is 13.9. The number of carbonyl (C=O) groups excluding carboxylic acids is 1. The summed E-state index contributed by atoms with van der Waals surface area (Å²) in [7, 11) is -0.899. The highest BCUT2D eigenvalue weighted by Gasteiger charge is 2.30. The van der Waals surface area contributed by atoms with Crippen LogP contribution in [-0.4, -0.2) is 45.9 Å². The molecule has 0 aromatic heterocycles. The molecule has 204 valence electrons. The number of benzene rings is 3. The van der Waals surface area contributed by atoms with Gasteiger partial charge in [0.2, 0.25) is 15.9 Å². The Balaban J connectivity index is 1.81. The van der Waals surface area contributed by atoms with Crippen molar-refractivity contribution in [3.05, 3.63) is 86.4 Å². The fourth-order valence-electron chi connectivity index (χ4n) is 4.37. The summed E-state index contributed by atoms with van der Waals surface area (Å²) in [5.74, 6) is 0.792. The number of ether oxygens (including phenoxy) is 2. The molecule has 38 heavy (non-hydrogen) atoms. The molecule has 0 heterocycles. The van der Waals surface area contributed by atoms with Crippen molar-refractivity contribution in [2.24, 2.45) is 0 Å². The van der Waals surface area contributed by atoms with Gasteiger partial charge in [0.25, 0.3) is 0 Å². The number of amides is 1. The zero-order valence-corrected chi connectivity index (χ0v) is 24.4. The summed E-state index contributed by atoms with van der Waals surface area (Å²) < 4.78 is 39.5. The third-order valence-electron chi connectivity index (χ3n) is 6.05. The number of rotatable bonds is 11. The molecule has 3 aromatic carbocycles. The van der Waals surface area contributed by atoms with Crippen LogP contribution in [0.2, 0.25) is 10.0 Å². The number of aryl methyl sites for hydroxylation is 3. The molecule has 0 saturated heterocycles. The molecule has 0 bridgehead atoms. The molecule has 0 aliphatic rings. The Kier molecular flexibility index (Phi) is 10.1. The fraction of sp³-hybridized carbons (Fsp3) is 0.321. The second-order valence-corrected chi connectivity index (χ2v) is 11.7. The number of hydrogen-bond acceptors (Lipinski definition) is 5. The quantitative estimate of drug-likeness (QED) is 0.325. The van der Waals surface area contributed by atoms with Gasteiger partial charge in [-0.15, -0.1) is 0 Å². The maximum atomic E-state index is 13.9. The van der Waals surface area contributed by atoms with Crippen LogP contribution in [0.3, 0.4) is 0 Å². The van der Waals surface area contributed by atoms with Gasteiger partial charge in [-0.25, -0.2) is 8.42 Å². The molecule has 3 aromatic rings. The number of hydrogen-bond donors (Lipinski definition) is 1. The van der Waals surface area contributed by atoms with Crippen LogP contribution >= 0.6 is 23.2 Å². The van der Waals surface area contributed by atoms with E-state index in [2.05, 4.69) is 5.32 Å². The summed E-state index contributed by atoms with van der Waals surface area (Å²) in [6.45, 7) is 5.34. The van der Waals surface area contributed by atoms with Crippen molar-refractivity contribution >= 4 is 39.1 Å². The molecule has 0 unspecified atom stereocenters. The largest absolute Gasteiger partial charge is 0.493 e. The molecule has 0 aliphatic heterocycles. The third-order valence-corrected chi connectivity index (χ3v) is 8.89. The minimum Gasteiger partial charge on any atom is -0.493 e. The zero-order valence-electron chi connectivity index (χ0n) is 22.1. The van der Waals surface area contributed by atoms with Crippen LogP contribution in [0.25, 0.3) is 0 Å². The van der Waals surface area contributed by atoms with E-state index in [0.29, 0.717) is 51.2 Å². The minimum absolute atomic E-state index is 0.0466. The Morgan fingerprint density at radius 3 is 2.11 bits per heavy atom. The van der Waals surface area contributed by atoms with E-state index in [1.807, 2.05) is 31.2 Å². The molecule has 0 saturated carbocycles. The van der Waals surface area contributed by atoms with E-state index in [0.717, 1.165) is 11.1 Å². The highest BCUT2D eigenvalue weighted by atomic mass is 35.5. The van der Waals surface area contributed by atoms with E-state index in [4.69, 9.17) is 32.7 Å². The molecule has 1 N–H and O–H groups in total. The first-order valence-electron chi connectivity index (χ1n) is 12.0. The lowest BCUT2D eigenvalue weighted by molar-refractivity contribution is -0.121. The van der Waals surface area contributed by atoms with Crippen LogP contribution in [0.1, 0.15) is 27.8 Å². The highest BCUT2D eigenvalue weighted by molar-refractivity contribution is 7.89. The van der Waals surface area contributed by atoms with Crippen molar-refractivity contribution in [3.63, 3.8) is 0 Å². The Bertz CT molecular complexity index is 1400. The summed E-state index contributed by atoms with van der Waals surface area (Å²) in [5, 5.41) is 3.50. The Morgan fingerprint density at radius 1 is 0.868 bits per heavy atom. The van der Waals surface area contributed by atoms with Crippen LogP contribution < -0.4 is 14.8 Å². The second-order valence-electron chi connectivity index (χ2n) is 9.04. The van der Waals surface area contributed by atoms with E-state index in [1.165, 1.54) is 4.31 Å². The first kappa shape index (κ1) is 29.8. The molecule has 3 rings (SSSR count). The number of sulfonamides is 1. The Morgan fingerprint density at radius 2 is 1.50 bits per heavy atom. The van der Waals surface area contributed by atoms with Crippen LogP contribution in [0.5, 0.6) is 11.5 Å². The summed E-state index contributed by atoms with van der Waals surface area (Å²) in [6, 6.07) is 14.1. The average molecular weight is 580 g/mol. The lowest BCUT2D eigenvalue weighted by atomic mass is 10.1. The monoisotopic (exact) mass is 578 g/mol. The topological polar surface area (TPSA) is 84.9 Å². The third kappa shape index (κ3) is 7.20. The molecule has 0 spiro atoms. The van der Waals surface area contributed by atoms with Crippen LogP contribution in [-0.2, 0) is 27.8 Å². The van der Waals surface area contributed by atoms with Gasteiger partial charge in [0.15, 0.2) is 11.5 Å². The second kappa shape index (κ2) is 12.8. The molecular weight excluding hydrogens is 547 g/mol. The molecule has 7 nitrogen and oxygen atoms in total. The Labute approximate surface area is 234 Å². The lowest BCUT2D eigenvalue weighted by Crippen LogP contribution is -2.41. The predicted octanol–water partition coefficient (Wildman–Crippen LogP) is 5.49. The SMILES string of the molecule is COc1ccc(CCNC(=O)CN(Cc2ccc(Cl)c(Cl)c2)S(=O)(=O)c2c(C)cc(C)cc2C)cc1OC. The van der Waals surface area contributed by atoms with Gasteiger partial charge in [0.1, 0.15) is 0 Å². The zero-order chi connectivity index (χ0) is 28.0. The smallest absolute Gasteiger partial charge is 0.244 e. The van der Waals surface area contributed by atoms with Crippen molar-refractivity contribution in [2.45, 2.75) is 38.6 Å². The van der Waals surface area contributed by atoms with Gasteiger partial charge in [0, 0.05) is 13.1 Å². The van der Waals surface area contributed by atoms with Crippen LogP contribution in [0.4, 0.5) is 0 Å². The van der Waals surface area contributed by atoms with Gasteiger partial charge < -0.3 is 14.8 Å². The number of nitrogens with one attached hydrogen (secondary N) is 1. The predicted molar refractivity (Wildman–Crippen MR) is 151 cm³/mol. The maximum Gasteiger partial charge on any atom is 0.244 e. The number of methoxy groups -OCH3 is 2. The molecule has 0 fully saturated rings. The number of halogens is 2. The first-order valence-corrected chi connectivity index (χ1v) is 14.2. The van der Waals surface area contributed by atoms with E-state index in [9.17, 15) is 13.2 Å². The van der Waals surface area contributed by atoms with E-state index < -0.39 is 15.9 Å². The Hall–Kier alpha value is -2.78. The van der Waals surface area contributed by atoms with E-state index >= 15 is 0 Å². The van der Waals surface area contributed by atoms with Crippen molar-refractivity contribution in [1.29, 1.82) is 0 Å². The van der Waals surface area contributed by atoms with Crippen molar-refractivity contribution < 1.29 is 22.7 Å². The number of nitrogens with zero attached hydrogens (tertiary/aromatic N) is 1. The molecule has 0 atom stereocenters. The summed E-state index contributed by atoms with van der Waals surface area (Å²) in [6.07, 6.45) is 0.530. The van der Waals surface area contributed by atoms with E-state index in [1.54, 1.807) is 52.3 Å². The first-order chi connectivity index (χ1) is 18.0. The fourth-order valence-corrected chi connectivity index (χ4v) is 6.49. The molecule has 10 heteroatoms. The van der Waals surface area contributed by atoms with Crippen molar-refractivity contribution in [3.8, 4) is 11.5 Å². The van der Waals surface area contributed by atoms with Crippen LogP contribution in [0, 0.1) is 20.8 Å². The normalized spacial score (nSPS) is 11.5. The lowest BCUT2D eigenvalue weighted by Gasteiger charge is -2.24. The summed E-state index contributed by atoms with van der Waals surface area (Å²) in [4.78, 5) is 13.2. The number of carbonyl (C=O) groups is 1. The minimum atomic E-state index is -4.02. The standard InChI is InChI=1S/C28H32Cl2N2O5S/c1-18-12-19(2)28(20(3)13-18)38(34,35)32(16-22-6-8-23(29)24(30)14-22)17-27(33)31-11-10-21-7-9-25(36-4)26(15-21)37-5/h6-9,12-15H,10-11,16-17H2,1-5H3,(H,31,33). The summed E-state index contributed by atoms with van der Waals surface area (Å²) >= 11 is 12.2. The van der Waals surface area contributed by atoms with Crippen molar-refractivity contribution in [2.75, 3.05) is 27.3 Å². The molecular formula is C28H32Cl2N2O5S. The van der Waals surface area contributed by atoms with E-state index in [-0.39, 0.29) is 18.0 Å². The van der Waals surface area contributed by atoms with Gasteiger partial charge in [-0.3, -0.25) is 4.79 Å². The van der Waals surface area contributed by atoms with Gasteiger partial charge in [-0.05, 0) is 73.7 Å².